The third-order valence-electron chi connectivity index (χ3n) is 4.44. The largest absolute Gasteiger partial charge is 0.490 e. The van der Waals surface area contributed by atoms with E-state index in [-0.39, 0.29) is 17.0 Å². The molecular formula is C10H22N5O26P7. The highest BCUT2D eigenvalue weighted by Crippen LogP contribution is 2.72. The lowest BCUT2D eigenvalue weighted by molar-refractivity contribution is -0.0503. The van der Waals surface area contributed by atoms with Crippen LogP contribution in [-0.4, -0.2) is 104 Å². The number of phosphoric ester groups is 1. The Kier molecular flexibility index (Phi) is 13.9. The Morgan fingerprint density at radius 1 is 0.667 bits per heavy atom. The number of hydrogen-bond acceptors (Lipinski definition) is 20. The third kappa shape index (κ3) is 14.4. The molecule has 0 bridgehead atoms. The number of nitrogen functional groups attached to an aromatic ring is 1. The van der Waals surface area contributed by atoms with E-state index in [0.717, 1.165) is 6.33 Å². The van der Waals surface area contributed by atoms with Crippen molar-refractivity contribution in [3.63, 3.8) is 0 Å². The predicted octanol–water partition coefficient (Wildman–Crippen LogP) is -2.21. The Morgan fingerprint density at radius 3 is 1.56 bits per heavy atom. The number of rotatable bonds is 14. The van der Waals surface area contributed by atoms with Crippen LogP contribution in [-0.2, 0) is 62.8 Å². The number of anilines is 1. The topological polar surface area (TPSA) is 496 Å². The molecule has 31 nitrogen and oxygen atoms in total. The molecule has 1 aliphatic rings. The van der Waals surface area contributed by atoms with Gasteiger partial charge in [0.2, 0.25) is 0 Å². The second-order valence-corrected chi connectivity index (χ2v) is 18.4. The standard InChI is InChI=1S/C10H15N5O10P2.H7O16P5/c11-8-5-9(13-2-12-8)15(3-14-5)10-7(17)6(16)4(24-10)1-23-27(21,22)25-26(18,19)20;1-17(2,3)13-19(7,8)15-21(11,12)16-20(9,10)14-18(4,5)6/h2-4,6-7,10,16-17H,1H2,(H,21,22)(H2,11,12,13)(H2,18,19,20);(H,7,8)(H,9,10)(H,11,12)(H2,1,2,3)(H2,4,5,6)/t4-,6-,7-,10-;/m1./s1. The van der Waals surface area contributed by atoms with Crippen molar-refractivity contribution in [3.05, 3.63) is 12.7 Å². The monoisotopic (exact) mass is 845 g/mol. The van der Waals surface area contributed by atoms with E-state index < -0.39 is 85.9 Å². The van der Waals surface area contributed by atoms with Crippen LogP contribution in [0.2, 0.25) is 0 Å². The Labute approximate surface area is 263 Å². The van der Waals surface area contributed by atoms with Gasteiger partial charge in [-0.3, -0.25) is 9.09 Å². The number of aliphatic hydroxyl groups is 2. The smallest absolute Gasteiger partial charge is 0.387 e. The zero-order valence-corrected chi connectivity index (χ0v) is 28.5. The summed E-state index contributed by atoms with van der Waals surface area (Å²) < 4.78 is 102. The minimum atomic E-state index is -6.07. The molecule has 38 heteroatoms. The zero-order valence-electron chi connectivity index (χ0n) is 22.2. The van der Waals surface area contributed by atoms with Crippen molar-refractivity contribution in [2.45, 2.75) is 24.5 Å². The molecule has 0 spiro atoms. The Balaban J connectivity index is 0.000000347. The van der Waals surface area contributed by atoms with E-state index in [1.165, 1.54) is 10.9 Å². The number of aromatic nitrogens is 4. The molecule has 14 N–H and O–H groups in total. The van der Waals surface area contributed by atoms with Crippen molar-refractivity contribution in [1.82, 2.24) is 19.5 Å². The normalized spacial score (nSPS) is 25.7. The van der Waals surface area contributed by atoms with E-state index in [9.17, 15) is 47.1 Å². The summed E-state index contributed by atoms with van der Waals surface area (Å²) in [5.41, 5.74) is 6.11. The molecule has 0 amide bonds. The maximum absolute atomic E-state index is 11.5. The minimum Gasteiger partial charge on any atom is -0.387 e. The molecule has 0 saturated carbocycles. The van der Waals surface area contributed by atoms with Gasteiger partial charge in [0.1, 0.15) is 30.2 Å². The van der Waals surface area contributed by atoms with Crippen molar-refractivity contribution in [1.29, 1.82) is 0 Å². The fourth-order valence-corrected chi connectivity index (χ4v) is 10.1. The highest BCUT2D eigenvalue weighted by atomic mass is 31.3. The van der Waals surface area contributed by atoms with Crippen LogP contribution in [0.4, 0.5) is 5.82 Å². The second-order valence-electron chi connectivity index (χ2n) is 8.18. The van der Waals surface area contributed by atoms with Gasteiger partial charge in [0.25, 0.3) is 0 Å². The highest BCUT2D eigenvalue weighted by Gasteiger charge is 2.48. The van der Waals surface area contributed by atoms with E-state index in [1.54, 1.807) is 0 Å². The van der Waals surface area contributed by atoms with Crippen LogP contribution in [0, 0.1) is 0 Å². The van der Waals surface area contributed by atoms with E-state index in [1.807, 2.05) is 0 Å². The summed E-state index contributed by atoms with van der Waals surface area (Å²) in [5.74, 6) is 0.0856. The number of phosphoric acid groups is 7. The summed E-state index contributed by atoms with van der Waals surface area (Å²) in [4.78, 5) is 96.8. The summed E-state index contributed by atoms with van der Waals surface area (Å²) in [6, 6.07) is 0. The number of aliphatic hydroxyl groups excluding tert-OH is 2. The first-order valence-corrected chi connectivity index (χ1v) is 21.5. The zero-order chi connectivity index (χ0) is 37.3. The minimum absolute atomic E-state index is 0.0856. The molecule has 1 aliphatic heterocycles. The molecule has 48 heavy (non-hydrogen) atoms. The fraction of sp³-hybridized carbons (Fsp3) is 0.500. The van der Waals surface area contributed by atoms with Crippen molar-refractivity contribution >= 4 is 71.7 Å². The molecular weight excluding hydrogens is 823 g/mol. The molecule has 0 radical (unpaired) electrons. The summed E-state index contributed by atoms with van der Waals surface area (Å²) in [7, 11) is -39.7. The highest BCUT2D eigenvalue weighted by molar-refractivity contribution is 7.71. The van der Waals surface area contributed by atoms with Gasteiger partial charge in [-0.15, -0.1) is 0 Å². The molecule has 3 rings (SSSR count). The molecule has 1 fully saturated rings. The van der Waals surface area contributed by atoms with E-state index >= 15 is 0 Å². The fourth-order valence-electron chi connectivity index (χ4n) is 3.05. The predicted molar refractivity (Wildman–Crippen MR) is 142 cm³/mol. The molecule has 0 aromatic carbocycles. The van der Waals surface area contributed by atoms with Crippen molar-refractivity contribution < 1.29 is 122 Å². The van der Waals surface area contributed by atoms with Crippen LogP contribution in [0.1, 0.15) is 6.23 Å². The number of imidazole rings is 1. The third-order valence-corrected chi connectivity index (χ3v) is 13.2. The van der Waals surface area contributed by atoms with Gasteiger partial charge in [-0.05, 0) is 0 Å². The maximum Gasteiger partial charge on any atom is 0.490 e. The number of ether oxygens (including phenoxy) is 1. The summed E-state index contributed by atoms with van der Waals surface area (Å²) in [6.45, 7) is -0.813. The Hall–Kier alpha value is -0.800. The number of nitrogens with zero attached hydrogens (tertiary/aromatic N) is 4. The van der Waals surface area contributed by atoms with Gasteiger partial charge in [0.15, 0.2) is 17.7 Å². The van der Waals surface area contributed by atoms with Gasteiger partial charge in [-0.1, -0.05) is 0 Å². The molecule has 3 unspecified atom stereocenters. The van der Waals surface area contributed by atoms with Crippen LogP contribution >= 0.6 is 54.8 Å². The van der Waals surface area contributed by atoms with Gasteiger partial charge >= 0.3 is 54.8 Å². The van der Waals surface area contributed by atoms with E-state index in [4.69, 9.17) is 54.5 Å². The Morgan fingerprint density at radius 2 is 1.10 bits per heavy atom. The van der Waals surface area contributed by atoms with Crippen LogP contribution < -0.4 is 5.73 Å². The molecule has 1 saturated heterocycles. The molecule has 3 heterocycles. The number of hydrogen-bond donors (Lipinski definition) is 13. The average molecular weight is 845 g/mol. The van der Waals surface area contributed by atoms with Crippen molar-refractivity contribution in [2.24, 2.45) is 0 Å². The lowest BCUT2D eigenvalue weighted by Gasteiger charge is -2.18. The second kappa shape index (κ2) is 15.4. The molecule has 7 atom stereocenters. The van der Waals surface area contributed by atoms with Crippen LogP contribution in [0.5, 0.6) is 0 Å². The van der Waals surface area contributed by atoms with E-state index in [2.05, 4.69) is 41.0 Å². The first-order valence-electron chi connectivity index (χ1n) is 10.9. The SMILES string of the molecule is Nc1ncnc2c1ncn2[C@@H]1O[C@H](COP(=O)(O)OP(=O)(O)O)[C@@H](O)[C@H]1O.O=P(O)(O)OP(=O)(O)OP(=O)(O)OP(=O)(O)OP(=O)(O)O. The lowest BCUT2D eigenvalue weighted by Crippen LogP contribution is -2.33. The first-order chi connectivity index (χ1) is 21.3. The van der Waals surface area contributed by atoms with Gasteiger partial charge in [0.05, 0.1) is 12.9 Å². The quantitative estimate of drug-likeness (QED) is 0.0897. The summed E-state index contributed by atoms with van der Waals surface area (Å²) in [5, 5.41) is 20.3. The molecule has 278 valence electrons. The summed E-state index contributed by atoms with van der Waals surface area (Å²) in [6.07, 6.45) is -3.20. The van der Waals surface area contributed by atoms with E-state index in [0.29, 0.717) is 0 Å². The van der Waals surface area contributed by atoms with Gasteiger partial charge in [0, 0.05) is 0 Å². The van der Waals surface area contributed by atoms with Crippen LogP contribution in [0.25, 0.3) is 11.2 Å². The van der Waals surface area contributed by atoms with Crippen LogP contribution in [0.15, 0.2) is 12.7 Å². The molecule has 2 aromatic rings. The van der Waals surface area contributed by atoms with Gasteiger partial charge < -0.3 is 69.6 Å². The lowest BCUT2D eigenvalue weighted by atomic mass is 10.1. The summed E-state index contributed by atoms with van der Waals surface area (Å²) >= 11 is 0. The van der Waals surface area contributed by atoms with Gasteiger partial charge in [-0.25, -0.2) is 46.9 Å². The number of nitrogens with two attached hydrogens (primary N) is 1. The Bertz CT molecular complexity index is 1750. The maximum atomic E-state index is 11.5. The van der Waals surface area contributed by atoms with Gasteiger partial charge in [-0.2, -0.15) is 21.6 Å². The first kappa shape index (κ1) is 43.4. The van der Waals surface area contributed by atoms with Crippen LogP contribution in [0.3, 0.4) is 0 Å². The number of fused-ring (bicyclic) bond motifs is 1. The van der Waals surface area contributed by atoms with Crippen molar-refractivity contribution in [2.75, 3.05) is 12.3 Å². The average Bonchev–Trinajstić information content (AvgIpc) is 3.33. The molecule has 2 aromatic heterocycles. The van der Waals surface area contributed by atoms with Crippen molar-refractivity contribution in [3.8, 4) is 0 Å². The molecule has 0 aliphatic carbocycles.